The van der Waals surface area contributed by atoms with Gasteiger partial charge in [0, 0.05) is 16.7 Å². The van der Waals surface area contributed by atoms with Crippen molar-refractivity contribution in [1.29, 1.82) is 0 Å². The predicted molar refractivity (Wildman–Crippen MR) is 244 cm³/mol. The third-order valence-electron chi connectivity index (χ3n) is 14.1. The summed E-state index contributed by atoms with van der Waals surface area (Å²) < 4.78 is 0. The van der Waals surface area contributed by atoms with E-state index < -0.39 is 5.41 Å². The smallest absolute Gasteiger partial charge is 0.193 e. The lowest BCUT2D eigenvalue weighted by Crippen LogP contribution is -2.34. The molecule has 1 unspecified atom stereocenters. The van der Waals surface area contributed by atoms with Gasteiger partial charge >= 0.3 is 0 Å². The quantitative estimate of drug-likeness (QED) is 0.174. The van der Waals surface area contributed by atoms with Gasteiger partial charge in [0.25, 0.3) is 0 Å². The molecule has 0 saturated heterocycles. The Kier molecular flexibility index (Phi) is 6.44. The minimum atomic E-state index is -0.457. The van der Waals surface area contributed by atoms with Gasteiger partial charge in [-0.1, -0.05) is 187 Å². The van der Waals surface area contributed by atoms with Gasteiger partial charge in [-0.2, -0.15) is 0 Å². The number of nitrogens with one attached hydrogen (secondary N) is 1. The van der Waals surface area contributed by atoms with E-state index >= 15 is 0 Å². The first-order chi connectivity index (χ1) is 28.6. The molecule has 9 aromatic carbocycles. The number of hydrogen-bond donors (Lipinski definition) is 1. The van der Waals surface area contributed by atoms with Crippen LogP contribution in [0.3, 0.4) is 0 Å². The maximum absolute atomic E-state index is 4.09. The Bertz CT molecular complexity index is 3180. The van der Waals surface area contributed by atoms with Crippen LogP contribution in [-0.2, 0) is 17.3 Å². The highest BCUT2D eigenvalue weighted by atomic mass is 14.9. The van der Waals surface area contributed by atoms with Crippen LogP contribution >= 0.6 is 0 Å². The summed E-state index contributed by atoms with van der Waals surface area (Å²) in [7, 11) is 0.878. The lowest BCUT2D eigenvalue weighted by molar-refractivity contribution is 0.590. The molecule has 0 bridgehead atoms. The normalized spacial score (nSPS) is 16.8. The molecule has 0 radical (unpaired) electrons. The summed E-state index contributed by atoms with van der Waals surface area (Å²) in [5.41, 5.74) is 24.8. The molecule has 13 rings (SSSR count). The van der Waals surface area contributed by atoms with Crippen molar-refractivity contribution >= 4 is 40.4 Å². The van der Waals surface area contributed by atoms with Crippen LogP contribution in [0.5, 0.6) is 0 Å². The number of benzene rings is 9. The fourth-order valence-corrected chi connectivity index (χ4v) is 11.8. The van der Waals surface area contributed by atoms with E-state index in [2.05, 4.69) is 200 Å². The van der Waals surface area contributed by atoms with Gasteiger partial charge in [-0.15, -0.1) is 0 Å². The molecule has 1 atom stereocenters. The maximum Gasteiger partial charge on any atom is 0.193 e. The van der Waals surface area contributed by atoms with Crippen molar-refractivity contribution in [3.8, 4) is 44.5 Å². The van der Waals surface area contributed by atoms with Gasteiger partial charge in [0.05, 0.1) is 11.1 Å². The van der Waals surface area contributed by atoms with E-state index in [1.807, 2.05) is 0 Å². The van der Waals surface area contributed by atoms with Crippen LogP contribution in [0.4, 0.5) is 11.4 Å². The van der Waals surface area contributed by atoms with E-state index in [4.69, 9.17) is 0 Å². The highest BCUT2D eigenvalue weighted by molar-refractivity contribution is 6.70. The molecule has 58 heavy (non-hydrogen) atoms. The second-order valence-corrected chi connectivity index (χ2v) is 17.0. The number of anilines is 2. The highest BCUT2D eigenvalue weighted by Gasteiger charge is 2.51. The Morgan fingerprint density at radius 3 is 1.86 bits per heavy atom. The van der Waals surface area contributed by atoms with Crippen LogP contribution in [-0.4, -0.2) is 7.28 Å². The summed E-state index contributed by atoms with van der Waals surface area (Å²) in [6, 6.07) is 71.1. The van der Waals surface area contributed by atoms with Crippen LogP contribution in [0.1, 0.15) is 45.9 Å². The Labute approximate surface area is 339 Å². The first kappa shape index (κ1) is 32.2. The van der Waals surface area contributed by atoms with Gasteiger partial charge in [-0.25, -0.2) is 0 Å². The summed E-state index contributed by atoms with van der Waals surface area (Å²) in [4.78, 5) is 0. The number of rotatable bonds is 2. The number of hydrogen-bond acceptors (Lipinski definition) is 1. The van der Waals surface area contributed by atoms with E-state index in [-0.39, 0.29) is 5.41 Å². The molecule has 2 heteroatoms. The standard InChI is InChI=1S/C56H38BN/c1-55-33-38-29-37(34-15-3-2-4-16-34)31-44(53(38)57-50-27-14-21-41(52(50)55)43-30-35-17-5-6-18-36(35)32-49(43)55)42-22-13-26-48-54(42)58-51-28-12-11-25-47(51)56(48)45-23-9-7-19-39(45)40-20-8-10-24-46(40)56/h2-32,57-58H,33H2,1H3. The summed E-state index contributed by atoms with van der Waals surface area (Å²) in [6.45, 7) is 2.52. The minimum Gasteiger partial charge on any atom is -0.354 e. The molecule has 2 aliphatic carbocycles. The van der Waals surface area contributed by atoms with Crippen LogP contribution < -0.4 is 16.2 Å². The van der Waals surface area contributed by atoms with Crippen molar-refractivity contribution in [1.82, 2.24) is 0 Å². The molecule has 1 spiro atoms. The molecular weight excluding hydrogens is 697 g/mol. The van der Waals surface area contributed by atoms with Gasteiger partial charge in [0.1, 0.15) is 0 Å². The minimum absolute atomic E-state index is 0.169. The molecule has 1 N–H and O–H groups in total. The Hall–Kier alpha value is -6.90. The predicted octanol–water partition coefficient (Wildman–Crippen LogP) is 11.8. The van der Waals surface area contributed by atoms with Crippen molar-refractivity contribution in [2.45, 2.75) is 24.2 Å². The van der Waals surface area contributed by atoms with E-state index in [9.17, 15) is 0 Å². The molecule has 9 aromatic rings. The molecule has 0 aromatic heterocycles. The third kappa shape index (κ3) is 4.12. The van der Waals surface area contributed by atoms with Gasteiger partial charge < -0.3 is 5.32 Å². The van der Waals surface area contributed by atoms with Crippen LogP contribution in [0.15, 0.2) is 188 Å². The lowest BCUT2D eigenvalue weighted by Gasteiger charge is -2.41. The number of para-hydroxylation sites is 2. The Morgan fingerprint density at radius 1 is 0.448 bits per heavy atom. The zero-order chi connectivity index (χ0) is 38.2. The second-order valence-electron chi connectivity index (χ2n) is 17.0. The van der Waals surface area contributed by atoms with Crippen LogP contribution in [0, 0.1) is 0 Å². The summed E-state index contributed by atoms with van der Waals surface area (Å²) in [5, 5.41) is 6.71. The molecule has 0 fully saturated rings. The van der Waals surface area contributed by atoms with E-state index in [0.29, 0.717) is 0 Å². The van der Waals surface area contributed by atoms with Crippen molar-refractivity contribution in [3.63, 3.8) is 0 Å². The average Bonchev–Trinajstić information content (AvgIpc) is 3.64. The summed E-state index contributed by atoms with van der Waals surface area (Å²) in [5.74, 6) is 0. The van der Waals surface area contributed by atoms with E-state index in [0.717, 1.165) is 13.7 Å². The monoisotopic (exact) mass is 735 g/mol. The second kappa shape index (κ2) is 11.6. The zero-order valence-corrected chi connectivity index (χ0v) is 32.3. The van der Waals surface area contributed by atoms with E-state index in [1.165, 1.54) is 117 Å². The molecule has 4 aliphatic rings. The first-order valence-electron chi connectivity index (χ1n) is 20.7. The average molecular weight is 736 g/mol. The van der Waals surface area contributed by atoms with Crippen LogP contribution in [0.25, 0.3) is 55.3 Å². The van der Waals surface area contributed by atoms with Crippen molar-refractivity contribution < 1.29 is 0 Å². The molecule has 270 valence electrons. The Balaban J connectivity index is 1.10. The van der Waals surface area contributed by atoms with Gasteiger partial charge in [0.15, 0.2) is 7.28 Å². The number of fused-ring (bicyclic) bond motifs is 14. The Morgan fingerprint density at radius 2 is 1.07 bits per heavy atom. The molecule has 0 amide bonds. The molecule has 0 saturated carbocycles. The van der Waals surface area contributed by atoms with Crippen molar-refractivity contribution in [2.24, 2.45) is 0 Å². The van der Waals surface area contributed by atoms with Gasteiger partial charge in [0.2, 0.25) is 0 Å². The molecule has 2 heterocycles. The van der Waals surface area contributed by atoms with Crippen LogP contribution in [0.2, 0.25) is 0 Å². The fraction of sp³-hybridized carbons (Fsp3) is 0.0714. The molecule has 1 nitrogen and oxygen atoms in total. The topological polar surface area (TPSA) is 12.0 Å². The maximum atomic E-state index is 4.09. The fourth-order valence-electron chi connectivity index (χ4n) is 11.8. The lowest BCUT2D eigenvalue weighted by atomic mass is 9.58. The SMILES string of the molecule is CC12Cc3cc(-c4ccccc4)cc(-c4cccc5c4Nc4ccccc4C54c5ccccc5-c5ccccc54)c3Bc3cccc(c31)-c1cc3ccccc3cc12. The summed E-state index contributed by atoms with van der Waals surface area (Å²) >= 11 is 0. The summed E-state index contributed by atoms with van der Waals surface area (Å²) in [6.07, 6.45) is 0.932. The van der Waals surface area contributed by atoms with Gasteiger partial charge in [-0.05, 0) is 114 Å². The zero-order valence-electron chi connectivity index (χ0n) is 32.3. The third-order valence-corrected chi connectivity index (χ3v) is 14.1. The molecule has 2 aliphatic heterocycles. The molecular formula is C56H38BN. The highest BCUT2D eigenvalue weighted by Crippen LogP contribution is 2.62. The van der Waals surface area contributed by atoms with Crippen molar-refractivity contribution in [3.05, 3.63) is 227 Å². The van der Waals surface area contributed by atoms with Crippen molar-refractivity contribution in [2.75, 3.05) is 5.32 Å². The first-order valence-corrected chi connectivity index (χ1v) is 20.7. The largest absolute Gasteiger partial charge is 0.354 e. The van der Waals surface area contributed by atoms with Gasteiger partial charge in [-0.3, -0.25) is 0 Å². The van der Waals surface area contributed by atoms with E-state index in [1.54, 1.807) is 0 Å².